The van der Waals surface area contributed by atoms with E-state index in [9.17, 15) is 9.59 Å². The number of aryl methyl sites for hydroxylation is 1. The molecule has 1 aliphatic heterocycles. The number of aromatic nitrogens is 4. The highest BCUT2D eigenvalue weighted by atomic mass is 16.5. The number of likely N-dealkylation sites (tertiary alicyclic amines) is 1. The van der Waals surface area contributed by atoms with Gasteiger partial charge in [-0.2, -0.15) is 10.1 Å². The lowest BCUT2D eigenvalue weighted by molar-refractivity contribution is 0.0697. The van der Waals surface area contributed by atoms with Crippen molar-refractivity contribution in [1.82, 2.24) is 24.8 Å². The minimum absolute atomic E-state index is 0.140. The number of fused-ring (bicyclic) bond motifs is 1. The first-order valence-electron chi connectivity index (χ1n) is 10.0. The molecule has 3 aromatic rings. The van der Waals surface area contributed by atoms with Gasteiger partial charge in [0.15, 0.2) is 11.5 Å². The highest BCUT2D eigenvalue weighted by molar-refractivity contribution is 6.04. The number of nitrogens with zero attached hydrogens (tertiary/aromatic N) is 5. The van der Waals surface area contributed by atoms with Crippen molar-refractivity contribution in [3.05, 3.63) is 52.0 Å². The Kier molecular flexibility index (Phi) is 5.17. The number of rotatable bonds is 4. The van der Waals surface area contributed by atoms with Gasteiger partial charge in [-0.1, -0.05) is 37.2 Å². The summed E-state index contributed by atoms with van der Waals surface area (Å²) in [6.45, 7) is 7.50. The van der Waals surface area contributed by atoms with Crippen molar-refractivity contribution in [1.29, 1.82) is 0 Å². The molecule has 0 aliphatic carbocycles. The van der Waals surface area contributed by atoms with Crippen LogP contribution in [0.4, 0.5) is 0 Å². The summed E-state index contributed by atoms with van der Waals surface area (Å²) in [6, 6.07) is 7.20. The fourth-order valence-electron chi connectivity index (χ4n) is 3.82. The van der Waals surface area contributed by atoms with Crippen LogP contribution in [0.3, 0.4) is 0 Å². The Balaban J connectivity index is 1.62. The van der Waals surface area contributed by atoms with Gasteiger partial charge < -0.3 is 9.42 Å². The molecule has 1 fully saturated rings. The molecule has 1 saturated heterocycles. The second-order valence-electron chi connectivity index (χ2n) is 8.02. The van der Waals surface area contributed by atoms with Gasteiger partial charge in [0.2, 0.25) is 5.89 Å². The largest absolute Gasteiger partial charge is 0.339 e. The Morgan fingerprint density at radius 1 is 1.21 bits per heavy atom. The molecule has 3 heterocycles. The molecule has 0 unspecified atom stereocenters. The maximum atomic E-state index is 13.3. The van der Waals surface area contributed by atoms with Gasteiger partial charge in [0.25, 0.3) is 11.5 Å². The summed E-state index contributed by atoms with van der Waals surface area (Å²) in [6.07, 6.45) is 1.52. The van der Waals surface area contributed by atoms with E-state index < -0.39 is 0 Å². The fourth-order valence-corrected chi connectivity index (χ4v) is 3.82. The first-order valence-corrected chi connectivity index (χ1v) is 10.0. The highest BCUT2D eigenvalue weighted by Crippen LogP contribution is 2.28. The van der Waals surface area contributed by atoms with Crippen LogP contribution < -0.4 is 5.56 Å². The van der Waals surface area contributed by atoms with Crippen molar-refractivity contribution >= 4 is 16.7 Å². The van der Waals surface area contributed by atoms with Crippen molar-refractivity contribution in [2.75, 3.05) is 13.1 Å². The summed E-state index contributed by atoms with van der Waals surface area (Å²) in [7, 11) is 0. The number of amides is 1. The zero-order valence-electron chi connectivity index (χ0n) is 17.0. The van der Waals surface area contributed by atoms with E-state index in [1.165, 1.54) is 4.68 Å². The molecule has 1 aromatic carbocycles. The Labute approximate surface area is 168 Å². The average molecular weight is 395 g/mol. The Bertz CT molecular complexity index is 1090. The van der Waals surface area contributed by atoms with Gasteiger partial charge in [0, 0.05) is 30.9 Å². The minimum Gasteiger partial charge on any atom is -0.339 e. The summed E-state index contributed by atoms with van der Waals surface area (Å²) in [5.74, 6) is 1.54. The van der Waals surface area contributed by atoms with Crippen LogP contribution >= 0.6 is 0 Å². The first kappa shape index (κ1) is 19.3. The summed E-state index contributed by atoms with van der Waals surface area (Å²) < 4.78 is 6.72. The number of carbonyl (C=O) groups excluding carboxylic acids is 1. The smallest absolute Gasteiger partial charge is 0.274 e. The molecule has 0 N–H and O–H groups in total. The van der Waals surface area contributed by atoms with Crippen LogP contribution in [0.1, 0.15) is 54.8 Å². The number of hydrogen-bond acceptors (Lipinski definition) is 6. The van der Waals surface area contributed by atoms with Crippen molar-refractivity contribution in [3.63, 3.8) is 0 Å². The third kappa shape index (κ3) is 3.79. The van der Waals surface area contributed by atoms with E-state index >= 15 is 0 Å². The van der Waals surface area contributed by atoms with Gasteiger partial charge in [0.1, 0.15) is 0 Å². The lowest BCUT2D eigenvalue weighted by Crippen LogP contribution is -2.39. The zero-order chi connectivity index (χ0) is 20.5. The van der Waals surface area contributed by atoms with E-state index in [0.29, 0.717) is 47.8 Å². The third-order valence-corrected chi connectivity index (χ3v) is 5.28. The van der Waals surface area contributed by atoms with Crippen LogP contribution in [0, 0.1) is 12.8 Å². The van der Waals surface area contributed by atoms with Gasteiger partial charge in [-0.15, -0.1) is 0 Å². The topological polar surface area (TPSA) is 94.1 Å². The standard InChI is InChI=1S/C21H25N5O3/c1-13(2)12-26-20(27)17-7-5-4-6-16(17)18(23-26)21(28)25-10-8-15(9-11-25)19-22-14(3)24-29-19/h4-7,13,15H,8-12H2,1-3H3. The van der Waals surface area contributed by atoms with E-state index in [1.54, 1.807) is 24.0 Å². The number of piperidine rings is 1. The number of hydrogen-bond donors (Lipinski definition) is 0. The van der Waals surface area contributed by atoms with Gasteiger partial charge in [0.05, 0.1) is 5.39 Å². The van der Waals surface area contributed by atoms with Crippen LogP contribution in [-0.4, -0.2) is 43.8 Å². The first-order chi connectivity index (χ1) is 13.9. The molecular weight excluding hydrogens is 370 g/mol. The van der Waals surface area contributed by atoms with Crippen LogP contribution in [0.25, 0.3) is 10.8 Å². The van der Waals surface area contributed by atoms with E-state index in [2.05, 4.69) is 15.2 Å². The molecule has 0 spiro atoms. The Hall–Kier alpha value is -3.03. The second kappa shape index (κ2) is 7.77. The normalized spacial score (nSPS) is 15.4. The van der Waals surface area contributed by atoms with Crippen molar-refractivity contribution in [2.45, 2.75) is 46.1 Å². The maximum Gasteiger partial charge on any atom is 0.274 e. The lowest BCUT2D eigenvalue weighted by atomic mass is 9.96. The molecule has 0 atom stereocenters. The molecule has 8 heteroatoms. The molecule has 29 heavy (non-hydrogen) atoms. The summed E-state index contributed by atoms with van der Waals surface area (Å²) in [4.78, 5) is 32.2. The van der Waals surface area contributed by atoms with E-state index in [0.717, 1.165) is 12.8 Å². The quantitative estimate of drug-likeness (QED) is 0.674. The molecule has 0 radical (unpaired) electrons. The van der Waals surface area contributed by atoms with Crippen LogP contribution in [-0.2, 0) is 6.54 Å². The molecule has 4 rings (SSSR count). The number of carbonyl (C=O) groups is 1. The SMILES string of the molecule is Cc1noc(C2CCN(C(=O)c3nn(CC(C)C)c(=O)c4ccccc34)CC2)n1. The fraction of sp³-hybridized carbons (Fsp3) is 0.476. The van der Waals surface area contributed by atoms with Crippen LogP contribution in [0.2, 0.25) is 0 Å². The van der Waals surface area contributed by atoms with E-state index in [4.69, 9.17) is 4.52 Å². The highest BCUT2D eigenvalue weighted by Gasteiger charge is 2.29. The van der Waals surface area contributed by atoms with Crippen molar-refractivity contribution in [2.24, 2.45) is 5.92 Å². The van der Waals surface area contributed by atoms with Crippen LogP contribution in [0.5, 0.6) is 0 Å². The maximum absolute atomic E-state index is 13.3. The van der Waals surface area contributed by atoms with Crippen molar-refractivity contribution < 1.29 is 9.32 Å². The predicted molar refractivity (Wildman–Crippen MR) is 108 cm³/mol. The molecule has 0 saturated carbocycles. The zero-order valence-corrected chi connectivity index (χ0v) is 17.0. The Morgan fingerprint density at radius 2 is 1.90 bits per heavy atom. The summed E-state index contributed by atoms with van der Waals surface area (Å²) >= 11 is 0. The van der Waals surface area contributed by atoms with E-state index in [1.807, 2.05) is 26.0 Å². The van der Waals surface area contributed by atoms with E-state index in [-0.39, 0.29) is 23.3 Å². The van der Waals surface area contributed by atoms with Gasteiger partial charge in [-0.25, -0.2) is 4.68 Å². The molecule has 2 aromatic heterocycles. The molecule has 8 nitrogen and oxygen atoms in total. The van der Waals surface area contributed by atoms with Gasteiger partial charge in [-0.3, -0.25) is 9.59 Å². The molecule has 152 valence electrons. The third-order valence-electron chi connectivity index (χ3n) is 5.28. The average Bonchev–Trinajstić information content (AvgIpc) is 3.16. The molecular formula is C21H25N5O3. The van der Waals surface area contributed by atoms with Gasteiger partial charge in [-0.05, 0) is 31.7 Å². The second-order valence-corrected chi connectivity index (χ2v) is 8.02. The Morgan fingerprint density at radius 3 is 2.52 bits per heavy atom. The summed E-state index contributed by atoms with van der Waals surface area (Å²) in [5, 5.41) is 9.47. The van der Waals surface area contributed by atoms with Gasteiger partial charge >= 0.3 is 0 Å². The monoisotopic (exact) mass is 395 g/mol. The predicted octanol–water partition coefficient (Wildman–Crippen LogP) is 2.76. The molecule has 1 aliphatic rings. The van der Waals surface area contributed by atoms with Crippen LogP contribution in [0.15, 0.2) is 33.6 Å². The number of benzene rings is 1. The molecule has 0 bridgehead atoms. The molecule has 1 amide bonds. The minimum atomic E-state index is -0.156. The van der Waals surface area contributed by atoms with Crippen molar-refractivity contribution in [3.8, 4) is 0 Å². The lowest BCUT2D eigenvalue weighted by Gasteiger charge is -2.30. The summed E-state index contributed by atoms with van der Waals surface area (Å²) in [5.41, 5.74) is 0.184.